The van der Waals surface area contributed by atoms with Crippen molar-refractivity contribution in [1.29, 1.82) is 0 Å². The highest BCUT2D eigenvalue weighted by molar-refractivity contribution is 7.16. The molecule has 2 aromatic heterocycles. The van der Waals surface area contributed by atoms with Crippen LogP contribution in [0.2, 0.25) is 0 Å². The molecule has 0 saturated heterocycles. The molecule has 0 spiro atoms. The smallest absolute Gasteiger partial charge is 0.324 e. The molecular formula is C13H11N5O4S. The number of carbonyl (C=O) groups excluding carboxylic acids is 2. The van der Waals surface area contributed by atoms with Crippen molar-refractivity contribution in [3.8, 4) is 0 Å². The summed E-state index contributed by atoms with van der Waals surface area (Å²) in [6.07, 6.45) is 4.24. The molecular weight excluding hydrogens is 322 g/mol. The maximum atomic E-state index is 11.7. The van der Waals surface area contributed by atoms with Crippen molar-refractivity contribution in [3.63, 3.8) is 0 Å². The van der Waals surface area contributed by atoms with Gasteiger partial charge >= 0.3 is 5.00 Å². The molecule has 0 aromatic carbocycles. The van der Waals surface area contributed by atoms with Crippen LogP contribution in [0.1, 0.15) is 15.2 Å². The Labute approximate surface area is 134 Å². The Morgan fingerprint density at radius 3 is 2.70 bits per heavy atom. The Morgan fingerprint density at radius 2 is 2.04 bits per heavy atom. The van der Waals surface area contributed by atoms with Gasteiger partial charge in [-0.3, -0.25) is 24.7 Å². The summed E-state index contributed by atoms with van der Waals surface area (Å²) < 4.78 is 0. The summed E-state index contributed by atoms with van der Waals surface area (Å²) in [4.78, 5) is 37.5. The summed E-state index contributed by atoms with van der Waals surface area (Å²) >= 11 is 0.933. The number of amides is 2. The largest absolute Gasteiger partial charge is 0.343 e. The van der Waals surface area contributed by atoms with E-state index in [0.29, 0.717) is 10.4 Å². The fourth-order valence-electron chi connectivity index (χ4n) is 1.48. The van der Waals surface area contributed by atoms with Gasteiger partial charge in [0, 0.05) is 24.0 Å². The molecule has 10 heteroatoms. The minimum Gasteiger partial charge on any atom is -0.343 e. The van der Waals surface area contributed by atoms with Crippen molar-refractivity contribution in [2.24, 2.45) is 5.10 Å². The summed E-state index contributed by atoms with van der Waals surface area (Å²) in [5.74, 6) is -0.921. The first-order valence-corrected chi connectivity index (χ1v) is 7.12. The highest BCUT2D eigenvalue weighted by Crippen LogP contribution is 2.22. The predicted molar refractivity (Wildman–Crippen MR) is 83.3 cm³/mol. The van der Waals surface area contributed by atoms with Crippen molar-refractivity contribution in [1.82, 2.24) is 15.7 Å². The van der Waals surface area contributed by atoms with Crippen molar-refractivity contribution in [2.45, 2.75) is 0 Å². The van der Waals surface area contributed by atoms with E-state index in [-0.39, 0.29) is 11.5 Å². The van der Waals surface area contributed by atoms with E-state index in [1.165, 1.54) is 42.9 Å². The lowest BCUT2D eigenvalue weighted by Crippen LogP contribution is -2.34. The summed E-state index contributed by atoms with van der Waals surface area (Å²) in [6.45, 7) is -0.247. The maximum absolute atomic E-state index is 11.7. The standard InChI is InChI=1S/C13H11N5O4S/c19-11(8-15-13(20)9-3-5-14-6-4-9)17-16-7-10-1-2-12(23-10)18(21)22/h1-7H,8H2,(H,15,20)(H,17,19)/b16-7-. The first-order valence-electron chi connectivity index (χ1n) is 6.30. The molecule has 2 heterocycles. The van der Waals surface area contributed by atoms with Crippen LogP contribution in [-0.4, -0.2) is 34.5 Å². The van der Waals surface area contributed by atoms with Gasteiger partial charge in [0.15, 0.2) is 0 Å². The number of nitro groups is 1. The third kappa shape index (κ3) is 4.97. The molecule has 9 nitrogen and oxygen atoms in total. The number of rotatable bonds is 6. The number of nitrogens with zero attached hydrogens (tertiary/aromatic N) is 3. The second-order valence-electron chi connectivity index (χ2n) is 4.14. The van der Waals surface area contributed by atoms with Crippen molar-refractivity contribution >= 4 is 34.4 Å². The number of aromatic nitrogens is 1. The molecule has 118 valence electrons. The number of nitrogens with one attached hydrogen (secondary N) is 2. The molecule has 2 N–H and O–H groups in total. The minimum atomic E-state index is -0.519. The van der Waals surface area contributed by atoms with Gasteiger partial charge < -0.3 is 5.32 Å². The van der Waals surface area contributed by atoms with Gasteiger partial charge in [0.25, 0.3) is 11.8 Å². The second kappa shape index (κ2) is 7.75. The van der Waals surface area contributed by atoms with Gasteiger partial charge in [0.05, 0.1) is 22.6 Å². The van der Waals surface area contributed by atoms with Gasteiger partial charge in [0.1, 0.15) is 0 Å². The molecule has 0 fully saturated rings. The first-order chi connectivity index (χ1) is 11.1. The van der Waals surface area contributed by atoms with Gasteiger partial charge in [-0.2, -0.15) is 5.10 Å². The molecule has 2 amide bonds. The highest BCUT2D eigenvalue weighted by atomic mass is 32.1. The lowest BCUT2D eigenvalue weighted by atomic mass is 10.2. The molecule has 0 saturated carbocycles. The Bertz CT molecular complexity index is 744. The monoisotopic (exact) mass is 333 g/mol. The molecule has 0 aliphatic rings. The van der Waals surface area contributed by atoms with E-state index in [2.05, 4.69) is 20.8 Å². The molecule has 2 aromatic rings. The van der Waals surface area contributed by atoms with Gasteiger partial charge in [-0.15, -0.1) is 0 Å². The third-order valence-electron chi connectivity index (χ3n) is 2.53. The van der Waals surface area contributed by atoms with Crippen LogP contribution in [-0.2, 0) is 4.79 Å². The molecule has 2 rings (SSSR count). The van der Waals surface area contributed by atoms with E-state index >= 15 is 0 Å². The van der Waals surface area contributed by atoms with E-state index in [1.54, 1.807) is 0 Å². The van der Waals surface area contributed by atoms with Gasteiger partial charge in [-0.1, -0.05) is 11.3 Å². The van der Waals surface area contributed by atoms with E-state index in [9.17, 15) is 19.7 Å². The molecule has 0 atom stereocenters. The van der Waals surface area contributed by atoms with Crippen molar-refractivity contribution in [2.75, 3.05) is 6.54 Å². The number of hydrogen-bond donors (Lipinski definition) is 2. The molecule has 0 radical (unpaired) electrons. The van der Waals surface area contributed by atoms with Crippen LogP contribution in [0.4, 0.5) is 5.00 Å². The van der Waals surface area contributed by atoms with Crippen LogP contribution >= 0.6 is 11.3 Å². The Hall–Kier alpha value is -3.14. The molecule has 0 bridgehead atoms. The quantitative estimate of drug-likeness (QED) is 0.462. The van der Waals surface area contributed by atoms with Gasteiger partial charge in [0.2, 0.25) is 0 Å². The molecule has 0 unspecified atom stereocenters. The summed E-state index contributed by atoms with van der Waals surface area (Å²) in [5.41, 5.74) is 2.61. The Kier molecular flexibility index (Phi) is 5.47. The van der Waals surface area contributed by atoms with E-state index in [4.69, 9.17) is 0 Å². The average Bonchev–Trinajstić information content (AvgIpc) is 3.02. The van der Waals surface area contributed by atoms with Crippen molar-refractivity contribution < 1.29 is 14.5 Å². The SMILES string of the molecule is O=C(CNC(=O)c1ccncc1)N/N=C\c1ccc([N+](=O)[O-])s1. The van der Waals surface area contributed by atoms with Crippen LogP contribution in [0.25, 0.3) is 0 Å². The Morgan fingerprint density at radius 1 is 1.30 bits per heavy atom. The molecule has 0 aliphatic carbocycles. The van der Waals surface area contributed by atoms with E-state index < -0.39 is 16.7 Å². The van der Waals surface area contributed by atoms with Crippen LogP contribution in [0.3, 0.4) is 0 Å². The molecule has 23 heavy (non-hydrogen) atoms. The van der Waals surface area contributed by atoms with Gasteiger partial charge in [-0.25, -0.2) is 5.43 Å². The van der Waals surface area contributed by atoms with E-state index in [1.807, 2.05) is 0 Å². The average molecular weight is 333 g/mol. The zero-order valence-corrected chi connectivity index (χ0v) is 12.4. The number of hydrazone groups is 1. The fourth-order valence-corrected chi connectivity index (χ4v) is 2.18. The summed E-state index contributed by atoms with van der Waals surface area (Å²) in [5, 5.41) is 16.6. The van der Waals surface area contributed by atoms with Crippen LogP contribution in [0.15, 0.2) is 41.8 Å². The predicted octanol–water partition coefficient (Wildman–Crippen LogP) is 0.931. The van der Waals surface area contributed by atoms with Crippen LogP contribution < -0.4 is 10.7 Å². The fraction of sp³-hybridized carbons (Fsp3) is 0.0769. The number of thiophene rings is 1. The normalized spacial score (nSPS) is 10.4. The second-order valence-corrected chi connectivity index (χ2v) is 5.24. The maximum Gasteiger partial charge on any atom is 0.324 e. The highest BCUT2D eigenvalue weighted by Gasteiger charge is 2.09. The summed E-state index contributed by atoms with van der Waals surface area (Å²) in [7, 11) is 0. The lowest BCUT2D eigenvalue weighted by molar-refractivity contribution is -0.380. The minimum absolute atomic E-state index is 0.0117. The lowest BCUT2D eigenvalue weighted by Gasteiger charge is -2.03. The van der Waals surface area contributed by atoms with Gasteiger partial charge in [-0.05, 0) is 18.2 Å². The first kappa shape index (κ1) is 16.2. The Balaban J connectivity index is 1.77. The van der Waals surface area contributed by atoms with Crippen LogP contribution in [0, 0.1) is 10.1 Å². The summed E-state index contributed by atoms with van der Waals surface area (Å²) in [6, 6.07) is 5.91. The van der Waals surface area contributed by atoms with E-state index in [0.717, 1.165) is 11.3 Å². The topological polar surface area (TPSA) is 127 Å². The van der Waals surface area contributed by atoms with Crippen molar-refractivity contribution in [3.05, 3.63) is 57.2 Å². The van der Waals surface area contributed by atoms with Crippen LogP contribution in [0.5, 0.6) is 0 Å². The number of hydrogen-bond acceptors (Lipinski definition) is 7. The number of pyridine rings is 1. The zero-order chi connectivity index (χ0) is 16.7. The molecule has 0 aliphatic heterocycles. The zero-order valence-electron chi connectivity index (χ0n) is 11.6. The number of carbonyl (C=O) groups is 2. The third-order valence-corrected chi connectivity index (χ3v) is 3.50.